The summed E-state index contributed by atoms with van der Waals surface area (Å²) in [5, 5.41) is 2.07. The molecular weight excluding hydrogens is 196 g/mol. The number of methoxy groups -OCH3 is 1. The molecule has 0 aromatic carbocycles. The number of nitrogens with one attached hydrogen (secondary N) is 1. The van der Waals surface area contributed by atoms with Gasteiger partial charge in [-0.1, -0.05) is 13.0 Å². The van der Waals surface area contributed by atoms with Crippen LogP contribution in [-0.4, -0.2) is 13.7 Å². The lowest BCUT2D eigenvalue weighted by Crippen LogP contribution is -2.29. The van der Waals surface area contributed by atoms with E-state index < -0.39 is 0 Å². The molecule has 4 heteroatoms. The molecular formula is C10H18N2OS. The lowest BCUT2D eigenvalue weighted by molar-refractivity contribution is 0.149. The molecule has 0 aliphatic carbocycles. The van der Waals surface area contributed by atoms with E-state index in [1.807, 2.05) is 6.07 Å². The molecule has 1 aromatic heterocycles. The number of ether oxygens (including phenoxy) is 1. The molecule has 1 aromatic rings. The minimum atomic E-state index is 0.250. The van der Waals surface area contributed by atoms with Gasteiger partial charge in [-0.2, -0.15) is 0 Å². The molecule has 1 rings (SSSR count). The third-order valence-corrected chi connectivity index (χ3v) is 3.16. The molecule has 0 fully saturated rings. The molecule has 0 amide bonds. The third-order valence-electron chi connectivity index (χ3n) is 2.18. The van der Waals surface area contributed by atoms with Crippen molar-refractivity contribution in [2.45, 2.75) is 19.4 Å². The molecule has 0 saturated heterocycles. The van der Waals surface area contributed by atoms with E-state index in [-0.39, 0.29) is 6.04 Å². The molecule has 2 atom stereocenters. The highest BCUT2D eigenvalue weighted by atomic mass is 32.1. The van der Waals surface area contributed by atoms with Gasteiger partial charge < -0.3 is 4.74 Å². The van der Waals surface area contributed by atoms with Gasteiger partial charge in [-0.05, 0) is 23.8 Å². The van der Waals surface area contributed by atoms with Crippen molar-refractivity contribution in [2.75, 3.05) is 13.7 Å². The number of thiophene rings is 1. The van der Waals surface area contributed by atoms with Crippen LogP contribution in [0.5, 0.6) is 0 Å². The summed E-state index contributed by atoms with van der Waals surface area (Å²) in [6.45, 7) is 2.95. The van der Waals surface area contributed by atoms with Crippen LogP contribution in [0.1, 0.15) is 24.3 Å². The first-order valence-corrected chi connectivity index (χ1v) is 5.64. The van der Waals surface area contributed by atoms with Crippen LogP contribution in [0.3, 0.4) is 0 Å². The smallest absolute Gasteiger partial charge is 0.0556 e. The van der Waals surface area contributed by atoms with E-state index in [2.05, 4.69) is 23.8 Å². The maximum atomic E-state index is 5.52. The predicted octanol–water partition coefficient (Wildman–Crippen LogP) is 1.93. The monoisotopic (exact) mass is 214 g/mol. The summed E-state index contributed by atoms with van der Waals surface area (Å²) >= 11 is 1.73. The van der Waals surface area contributed by atoms with Crippen molar-refractivity contribution in [3.05, 3.63) is 22.4 Å². The van der Waals surface area contributed by atoms with Gasteiger partial charge in [0.15, 0.2) is 0 Å². The Hall–Kier alpha value is -0.420. The highest BCUT2D eigenvalue weighted by Gasteiger charge is 2.14. The van der Waals surface area contributed by atoms with Crippen LogP contribution in [0, 0.1) is 5.92 Å². The molecule has 0 aliphatic rings. The fourth-order valence-electron chi connectivity index (χ4n) is 1.51. The Bertz CT molecular complexity index is 238. The second kappa shape index (κ2) is 6.14. The van der Waals surface area contributed by atoms with Gasteiger partial charge in [0.05, 0.1) is 6.04 Å². The van der Waals surface area contributed by atoms with Crippen molar-refractivity contribution in [2.24, 2.45) is 11.8 Å². The molecule has 3 nitrogen and oxygen atoms in total. The zero-order valence-electron chi connectivity index (χ0n) is 8.69. The summed E-state index contributed by atoms with van der Waals surface area (Å²) in [4.78, 5) is 1.29. The average Bonchev–Trinajstić information content (AvgIpc) is 2.67. The van der Waals surface area contributed by atoms with Gasteiger partial charge >= 0.3 is 0 Å². The molecule has 3 N–H and O–H groups in total. The number of hydrogen-bond donors (Lipinski definition) is 2. The second-order valence-electron chi connectivity index (χ2n) is 3.53. The van der Waals surface area contributed by atoms with Crippen LogP contribution in [0.15, 0.2) is 17.5 Å². The van der Waals surface area contributed by atoms with E-state index in [1.165, 1.54) is 4.88 Å². The SMILES string of the molecule is COCC(C)CC(NN)c1cccs1. The molecule has 0 saturated carbocycles. The normalized spacial score (nSPS) is 15.4. The third kappa shape index (κ3) is 3.38. The van der Waals surface area contributed by atoms with Crippen LogP contribution in [0.2, 0.25) is 0 Å². The van der Waals surface area contributed by atoms with Crippen molar-refractivity contribution < 1.29 is 4.74 Å². The van der Waals surface area contributed by atoms with Gasteiger partial charge in [-0.3, -0.25) is 11.3 Å². The fourth-order valence-corrected chi connectivity index (χ4v) is 2.31. The van der Waals surface area contributed by atoms with Gasteiger partial charge in [-0.25, -0.2) is 0 Å². The van der Waals surface area contributed by atoms with E-state index in [0.29, 0.717) is 5.92 Å². The Morgan fingerprint density at radius 3 is 2.93 bits per heavy atom. The summed E-state index contributed by atoms with van der Waals surface area (Å²) in [5.74, 6) is 6.04. The van der Waals surface area contributed by atoms with E-state index in [1.54, 1.807) is 18.4 Å². The first kappa shape index (κ1) is 11.7. The molecule has 80 valence electrons. The predicted molar refractivity (Wildman–Crippen MR) is 60.0 cm³/mol. The average molecular weight is 214 g/mol. The second-order valence-corrected chi connectivity index (χ2v) is 4.51. The summed E-state index contributed by atoms with van der Waals surface area (Å²) < 4.78 is 5.10. The molecule has 0 spiro atoms. The zero-order chi connectivity index (χ0) is 10.4. The Morgan fingerprint density at radius 1 is 1.64 bits per heavy atom. The fraction of sp³-hybridized carbons (Fsp3) is 0.600. The van der Waals surface area contributed by atoms with Gasteiger partial charge in [0, 0.05) is 18.6 Å². The maximum Gasteiger partial charge on any atom is 0.0556 e. The summed E-state index contributed by atoms with van der Waals surface area (Å²) in [5.41, 5.74) is 2.85. The molecule has 14 heavy (non-hydrogen) atoms. The lowest BCUT2D eigenvalue weighted by atomic mass is 10.0. The van der Waals surface area contributed by atoms with Crippen molar-refractivity contribution in [1.82, 2.24) is 5.43 Å². The minimum Gasteiger partial charge on any atom is -0.384 e. The quantitative estimate of drug-likeness (QED) is 0.562. The summed E-state index contributed by atoms with van der Waals surface area (Å²) in [6, 6.07) is 4.40. The van der Waals surface area contributed by atoms with E-state index in [4.69, 9.17) is 10.6 Å². The maximum absolute atomic E-state index is 5.52. The van der Waals surface area contributed by atoms with E-state index >= 15 is 0 Å². The van der Waals surface area contributed by atoms with Crippen molar-refractivity contribution in [3.63, 3.8) is 0 Å². The Balaban J connectivity index is 2.47. The number of hydrogen-bond acceptors (Lipinski definition) is 4. The topological polar surface area (TPSA) is 47.3 Å². The Labute approximate surface area is 89.2 Å². The molecule has 2 unspecified atom stereocenters. The van der Waals surface area contributed by atoms with Crippen LogP contribution < -0.4 is 11.3 Å². The van der Waals surface area contributed by atoms with Gasteiger partial charge in [0.25, 0.3) is 0 Å². The molecule has 0 aliphatic heterocycles. The highest BCUT2D eigenvalue weighted by molar-refractivity contribution is 7.10. The lowest BCUT2D eigenvalue weighted by Gasteiger charge is -2.18. The number of rotatable bonds is 6. The Morgan fingerprint density at radius 2 is 2.43 bits per heavy atom. The van der Waals surface area contributed by atoms with E-state index in [9.17, 15) is 0 Å². The van der Waals surface area contributed by atoms with Crippen molar-refractivity contribution in [1.29, 1.82) is 0 Å². The first-order chi connectivity index (χ1) is 6.77. The van der Waals surface area contributed by atoms with Crippen molar-refractivity contribution in [3.8, 4) is 0 Å². The first-order valence-electron chi connectivity index (χ1n) is 4.76. The summed E-state index contributed by atoms with van der Waals surface area (Å²) in [7, 11) is 1.73. The number of nitrogens with two attached hydrogens (primary N) is 1. The highest BCUT2D eigenvalue weighted by Crippen LogP contribution is 2.24. The standard InChI is InChI=1S/C10H18N2OS/c1-8(7-13-2)6-9(12-11)10-4-3-5-14-10/h3-5,8-9,12H,6-7,11H2,1-2H3. The molecule has 0 radical (unpaired) electrons. The number of hydrazine groups is 1. The summed E-state index contributed by atoms with van der Waals surface area (Å²) in [6.07, 6.45) is 1.00. The van der Waals surface area contributed by atoms with E-state index in [0.717, 1.165) is 13.0 Å². The van der Waals surface area contributed by atoms with Gasteiger partial charge in [0.1, 0.15) is 0 Å². The van der Waals surface area contributed by atoms with Crippen LogP contribution in [0.4, 0.5) is 0 Å². The van der Waals surface area contributed by atoms with Gasteiger partial charge in [-0.15, -0.1) is 11.3 Å². The molecule has 1 heterocycles. The largest absolute Gasteiger partial charge is 0.384 e. The van der Waals surface area contributed by atoms with Gasteiger partial charge in [0.2, 0.25) is 0 Å². The van der Waals surface area contributed by atoms with Crippen molar-refractivity contribution >= 4 is 11.3 Å². The minimum absolute atomic E-state index is 0.250. The van der Waals surface area contributed by atoms with Crippen LogP contribution in [-0.2, 0) is 4.74 Å². The zero-order valence-corrected chi connectivity index (χ0v) is 9.51. The Kier molecular flexibility index (Phi) is 5.11. The molecule has 0 bridgehead atoms. The van der Waals surface area contributed by atoms with Crippen LogP contribution in [0.25, 0.3) is 0 Å². The van der Waals surface area contributed by atoms with Crippen LogP contribution >= 0.6 is 11.3 Å².